The van der Waals surface area contributed by atoms with Crippen LogP contribution in [0.2, 0.25) is 5.02 Å². The standard InChI is InChI=1S/C28H29ClN2O/c29-23-14-15-26-25(18-23)24-12-7-13-27(32)28(24)31(26)17-16-30(19-21-8-3-1-4-9-21)20-22-10-5-2-6-11-22/h1-6,8-11,14-15,18,27,32H,7,12-13,16-17,19-20H2/t27-/m1/s1. The molecule has 0 saturated heterocycles. The van der Waals surface area contributed by atoms with E-state index in [1.54, 1.807) is 0 Å². The minimum absolute atomic E-state index is 0.401. The minimum atomic E-state index is -0.401. The zero-order valence-corrected chi connectivity index (χ0v) is 19.0. The summed E-state index contributed by atoms with van der Waals surface area (Å²) >= 11 is 6.33. The summed E-state index contributed by atoms with van der Waals surface area (Å²) in [7, 11) is 0. The fraction of sp³-hybridized carbons (Fsp3) is 0.286. The number of halogens is 1. The number of hydrogen-bond donors (Lipinski definition) is 1. The molecule has 1 aliphatic carbocycles. The summed E-state index contributed by atoms with van der Waals surface area (Å²) in [5.41, 5.74) is 6.18. The maximum absolute atomic E-state index is 10.9. The van der Waals surface area contributed by atoms with Crippen LogP contribution < -0.4 is 0 Å². The highest BCUT2D eigenvalue weighted by Crippen LogP contribution is 2.38. The van der Waals surface area contributed by atoms with Crippen molar-refractivity contribution in [3.8, 4) is 0 Å². The lowest BCUT2D eigenvalue weighted by molar-refractivity contribution is 0.145. The van der Waals surface area contributed by atoms with E-state index < -0.39 is 6.10 Å². The number of fused-ring (bicyclic) bond motifs is 3. The monoisotopic (exact) mass is 444 g/mol. The predicted octanol–water partition coefficient (Wildman–Crippen LogP) is 6.37. The van der Waals surface area contributed by atoms with Gasteiger partial charge in [0.2, 0.25) is 0 Å². The second-order valence-corrected chi connectivity index (χ2v) is 9.20. The van der Waals surface area contributed by atoms with Crippen LogP contribution in [0.25, 0.3) is 10.9 Å². The zero-order chi connectivity index (χ0) is 21.9. The first-order chi connectivity index (χ1) is 15.7. The fourth-order valence-electron chi connectivity index (χ4n) is 5.05. The van der Waals surface area contributed by atoms with Crippen LogP contribution in [0.3, 0.4) is 0 Å². The summed E-state index contributed by atoms with van der Waals surface area (Å²) in [4.78, 5) is 2.49. The van der Waals surface area contributed by atoms with Crippen LogP contribution >= 0.6 is 11.6 Å². The summed E-state index contributed by atoms with van der Waals surface area (Å²) < 4.78 is 2.34. The normalized spacial score (nSPS) is 15.9. The van der Waals surface area contributed by atoms with Gasteiger partial charge in [-0.25, -0.2) is 0 Å². The Kier molecular flexibility index (Phi) is 6.31. The molecule has 3 aromatic carbocycles. The van der Waals surface area contributed by atoms with Crippen LogP contribution in [-0.4, -0.2) is 21.1 Å². The van der Waals surface area contributed by atoms with Crippen molar-refractivity contribution >= 4 is 22.5 Å². The largest absolute Gasteiger partial charge is 0.387 e. The number of benzene rings is 3. The molecule has 0 bridgehead atoms. The van der Waals surface area contributed by atoms with Crippen molar-refractivity contribution in [2.75, 3.05) is 6.54 Å². The summed E-state index contributed by atoms with van der Waals surface area (Å²) in [6, 6.07) is 27.4. The average Bonchev–Trinajstić information content (AvgIpc) is 3.13. The van der Waals surface area contributed by atoms with Gasteiger partial charge in [-0.05, 0) is 54.2 Å². The first-order valence-corrected chi connectivity index (χ1v) is 11.9. The summed E-state index contributed by atoms with van der Waals surface area (Å²) in [5, 5.41) is 12.8. The minimum Gasteiger partial charge on any atom is -0.387 e. The van der Waals surface area contributed by atoms with Crippen molar-refractivity contribution in [3.05, 3.63) is 106 Å². The quantitative estimate of drug-likeness (QED) is 0.359. The first kappa shape index (κ1) is 21.3. The summed E-state index contributed by atoms with van der Waals surface area (Å²) in [5.74, 6) is 0. The predicted molar refractivity (Wildman–Crippen MR) is 132 cm³/mol. The van der Waals surface area contributed by atoms with Gasteiger partial charge in [-0.1, -0.05) is 72.3 Å². The van der Waals surface area contributed by atoms with E-state index in [1.165, 1.54) is 27.6 Å². The molecule has 1 heterocycles. The van der Waals surface area contributed by atoms with Gasteiger partial charge in [0.15, 0.2) is 0 Å². The van der Waals surface area contributed by atoms with Crippen LogP contribution in [0.1, 0.15) is 41.3 Å². The van der Waals surface area contributed by atoms with E-state index in [0.29, 0.717) is 0 Å². The third-order valence-electron chi connectivity index (χ3n) is 6.53. The van der Waals surface area contributed by atoms with Crippen molar-refractivity contribution in [2.45, 2.75) is 45.0 Å². The van der Waals surface area contributed by atoms with Crippen molar-refractivity contribution in [3.63, 3.8) is 0 Å². The molecule has 4 aromatic rings. The van der Waals surface area contributed by atoms with Crippen molar-refractivity contribution in [2.24, 2.45) is 0 Å². The Hall–Kier alpha value is -2.59. The van der Waals surface area contributed by atoms with Crippen molar-refractivity contribution in [1.29, 1.82) is 0 Å². The Morgan fingerprint density at radius 2 is 1.56 bits per heavy atom. The van der Waals surface area contributed by atoms with E-state index in [1.807, 2.05) is 6.07 Å². The summed E-state index contributed by atoms with van der Waals surface area (Å²) in [6.45, 7) is 3.52. The summed E-state index contributed by atoms with van der Waals surface area (Å²) in [6.07, 6.45) is 2.46. The number of rotatable bonds is 7. The molecular formula is C28H29ClN2O. The van der Waals surface area contributed by atoms with Gasteiger partial charge in [0.25, 0.3) is 0 Å². The van der Waals surface area contributed by atoms with E-state index in [2.05, 4.69) is 82.3 Å². The van der Waals surface area contributed by atoms with Gasteiger partial charge in [0, 0.05) is 42.1 Å². The molecular weight excluding hydrogens is 416 g/mol. The van der Waals surface area contributed by atoms with E-state index in [9.17, 15) is 5.11 Å². The molecule has 0 saturated carbocycles. The molecule has 1 atom stereocenters. The van der Waals surface area contributed by atoms with Gasteiger partial charge in [-0.3, -0.25) is 4.90 Å². The molecule has 1 aromatic heterocycles. The number of hydrogen-bond acceptors (Lipinski definition) is 2. The molecule has 0 unspecified atom stereocenters. The SMILES string of the molecule is O[C@@H]1CCCc2c1n(CCN(Cc1ccccc1)Cc1ccccc1)c1ccc(Cl)cc21. The lowest BCUT2D eigenvalue weighted by Crippen LogP contribution is -2.28. The second kappa shape index (κ2) is 9.50. The first-order valence-electron chi connectivity index (χ1n) is 11.5. The molecule has 4 heteroatoms. The molecule has 0 radical (unpaired) electrons. The maximum Gasteiger partial charge on any atom is 0.0943 e. The maximum atomic E-state index is 10.9. The molecule has 1 aliphatic rings. The number of aromatic nitrogens is 1. The van der Waals surface area contributed by atoms with Crippen LogP contribution in [-0.2, 0) is 26.1 Å². The Morgan fingerprint density at radius 1 is 0.906 bits per heavy atom. The van der Waals surface area contributed by atoms with E-state index in [0.717, 1.165) is 56.2 Å². The smallest absolute Gasteiger partial charge is 0.0943 e. The molecule has 32 heavy (non-hydrogen) atoms. The van der Waals surface area contributed by atoms with Gasteiger partial charge < -0.3 is 9.67 Å². The zero-order valence-electron chi connectivity index (χ0n) is 18.3. The van der Waals surface area contributed by atoms with E-state index in [4.69, 9.17) is 11.6 Å². The highest BCUT2D eigenvalue weighted by atomic mass is 35.5. The number of nitrogens with zero attached hydrogens (tertiary/aromatic N) is 2. The van der Waals surface area contributed by atoms with Gasteiger partial charge in [-0.2, -0.15) is 0 Å². The lowest BCUT2D eigenvalue weighted by atomic mass is 9.93. The highest BCUT2D eigenvalue weighted by molar-refractivity contribution is 6.31. The van der Waals surface area contributed by atoms with Crippen LogP contribution in [0.15, 0.2) is 78.9 Å². The number of aryl methyl sites for hydroxylation is 1. The lowest BCUT2D eigenvalue weighted by Gasteiger charge is -2.26. The number of aliphatic hydroxyl groups is 1. The molecule has 0 fully saturated rings. The third kappa shape index (κ3) is 4.47. The van der Waals surface area contributed by atoms with Gasteiger partial charge in [0.1, 0.15) is 0 Å². The third-order valence-corrected chi connectivity index (χ3v) is 6.77. The van der Waals surface area contributed by atoms with Crippen LogP contribution in [0, 0.1) is 0 Å². The van der Waals surface area contributed by atoms with E-state index in [-0.39, 0.29) is 0 Å². The Labute approximate surface area is 194 Å². The van der Waals surface area contributed by atoms with Crippen molar-refractivity contribution in [1.82, 2.24) is 9.47 Å². The topological polar surface area (TPSA) is 28.4 Å². The molecule has 0 spiro atoms. The van der Waals surface area contributed by atoms with Crippen LogP contribution in [0.4, 0.5) is 0 Å². The van der Waals surface area contributed by atoms with E-state index >= 15 is 0 Å². The molecule has 0 amide bonds. The number of aliphatic hydroxyl groups excluding tert-OH is 1. The Morgan fingerprint density at radius 3 is 2.22 bits per heavy atom. The molecule has 3 nitrogen and oxygen atoms in total. The van der Waals surface area contributed by atoms with Crippen LogP contribution in [0.5, 0.6) is 0 Å². The fourth-order valence-corrected chi connectivity index (χ4v) is 5.22. The van der Waals surface area contributed by atoms with Gasteiger partial charge in [0.05, 0.1) is 11.8 Å². The van der Waals surface area contributed by atoms with Gasteiger partial charge in [-0.15, -0.1) is 0 Å². The van der Waals surface area contributed by atoms with Gasteiger partial charge >= 0.3 is 0 Å². The Bertz CT molecular complexity index is 1150. The highest BCUT2D eigenvalue weighted by Gasteiger charge is 2.26. The molecule has 1 N–H and O–H groups in total. The Balaban J connectivity index is 1.45. The molecule has 164 valence electrons. The molecule has 0 aliphatic heterocycles. The van der Waals surface area contributed by atoms with Crippen molar-refractivity contribution < 1.29 is 5.11 Å². The average molecular weight is 445 g/mol. The second-order valence-electron chi connectivity index (χ2n) is 8.77. The molecule has 5 rings (SSSR count).